The van der Waals surface area contributed by atoms with Gasteiger partial charge >= 0.3 is 5.97 Å². The summed E-state index contributed by atoms with van der Waals surface area (Å²) in [5.41, 5.74) is -1.13. The Morgan fingerprint density at radius 3 is 2.76 bits per heavy atom. The molecule has 0 aliphatic carbocycles. The number of amides is 1. The summed E-state index contributed by atoms with van der Waals surface area (Å²) < 4.78 is 26.5. The fourth-order valence-corrected chi connectivity index (χ4v) is 3.53. The van der Waals surface area contributed by atoms with Gasteiger partial charge < -0.3 is 10.4 Å². The highest BCUT2D eigenvalue weighted by Crippen LogP contribution is 2.28. The van der Waals surface area contributed by atoms with Crippen LogP contribution in [0.5, 0.6) is 0 Å². The van der Waals surface area contributed by atoms with Crippen molar-refractivity contribution in [1.29, 1.82) is 0 Å². The summed E-state index contributed by atoms with van der Waals surface area (Å²) in [7, 11) is 0. The number of carboxylic acid groups (broad SMARTS) is 1. The first kappa shape index (κ1) is 15.8. The number of carboxylic acids is 1. The van der Waals surface area contributed by atoms with E-state index >= 15 is 0 Å². The molecule has 1 amide bonds. The molecule has 0 aromatic heterocycles. The number of hydrogen-bond acceptors (Lipinski definition) is 3. The van der Waals surface area contributed by atoms with Gasteiger partial charge in [-0.15, -0.1) is 0 Å². The van der Waals surface area contributed by atoms with Gasteiger partial charge in [0.2, 0.25) is 5.91 Å². The Morgan fingerprint density at radius 2 is 2.14 bits per heavy atom. The lowest BCUT2D eigenvalue weighted by molar-refractivity contribution is -0.146. The Morgan fingerprint density at radius 1 is 1.38 bits per heavy atom. The fourth-order valence-electron chi connectivity index (χ4n) is 2.20. The number of thioether (sulfide) groups is 1. The average molecular weight is 315 g/mol. The van der Waals surface area contributed by atoms with Gasteiger partial charge in [-0.3, -0.25) is 4.79 Å². The van der Waals surface area contributed by atoms with E-state index in [1.807, 2.05) is 0 Å². The first-order valence-corrected chi connectivity index (χ1v) is 7.65. The molecule has 0 saturated carbocycles. The Bertz CT molecular complexity index is 559. The monoisotopic (exact) mass is 315 g/mol. The molecular weight excluding hydrogens is 300 g/mol. The molecule has 4 nitrogen and oxygen atoms in total. The minimum atomic E-state index is -1.23. The predicted octanol–water partition coefficient (Wildman–Crippen LogP) is 1.97. The molecule has 0 bridgehead atoms. The number of carbonyl (C=O) groups excluding carboxylic acids is 1. The molecule has 21 heavy (non-hydrogen) atoms. The zero-order valence-corrected chi connectivity index (χ0v) is 12.0. The third-order valence-electron chi connectivity index (χ3n) is 3.46. The highest BCUT2D eigenvalue weighted by molar-refractivity contribution is 7.99. The fraction of sp³-hybridized carbons (Fsp3) is 0.429. The average Bonchev–Trinajstić information content (AvgIpc) is 2.90. The van der Waals surface area contributed by atoms with E-state index in [0.717, 1.165) is 6.07 Å². The van der Waals surface area contributed by atoms with Crippen LogP contribution >= 0.6 is 11.8 Å². The molecule has 1 unspecified atom stereocenters. The van der Waals surface area contributed by atoms with Crippen molar-refractivity contribution in [2.75, 3.05) is 11.5 Å². The third-order valence-corrected chi connectivity index (χ3v) is 4.65. The zero-order chi connectivity index (χ0) is 15.5. The Hall–Kier alpha value is -1.63. The number of aliphatic carboxylic acids is 1. The van der Waals surface area contributed by atoms with E-state index < -0.39 is 29.0 Å². The maximum Gasteiger partial charge on any atom is 0.330 e. The molecule has 1 fully saturated rings. The van der Waals surface area contributed by atoms with Gasteiger partial charge in [0.15, 0.2) is 11.6 Å². The summed E-state index contributed by atoms with van der Waals surface area (Å²) >= 11 is 1.47. The maximum atomic E-state index is 13.5. The van der Waals surface area contributed by atoms with Crippen LogP contribution in [0.25, 0.3) is 0 Å². The molecule has 114 valence electrons. The van der Waals surface area contributed by atoms with Gasteiger partial charge in [-0.05, 0) is 30.2 Å². The highest BCUT2D eigenvalue weighted by Gasteiger charge is 2.43. The molecule has 1 atom stereocenters. The normalized spacial score (nSPS) is 21.2. The molecule has 1 aromatic carbocycles. The molecular formula is C14H15F2NO3S. The molecule has 1 aliphatic rings. The van der Waals surface area contributed by atoms with Gasteiger partial charge in [0, 0.05) is 12.2 Å². The summed E-state index contributed by atoms with van der Waals surface area (Å²) in [6.45, 7) is 0. The van der Waals surface area contributed by atoms with Gasteiger partial charge in [-0.2, -0.15) is 11.8 Å². The topological polar surface area (TPSA) is 66.4 Å². The molecule has 1 saturated heterocycles. The van der Waals surface area contributed by atoms with Crippen LogP contribution in [0.1, 0.15) is 18.4 Å². The van der Waals surface area contributed by atoms with E-state index in [1.165, 1.54) is 23.9 Å². The zero-order valence-electron chi connectivity index (χ0n) is 11.2. The number of benzene rings is 1. The van der Waals surface area contributed by atoms with Crippen molar-refractivity contribution >= 4 is 23.6 Å². The van der Waals surface area contributed by atoms with E-state index in [0.29, 0.717) is 17.9 Å². The second kappa shape index (κ2) is 6.43. The summed E-state index contributed by atoms with van der Waals surface area (Å²) in [5, 5.41) is 11.8. The van der Waals surface area contributed by atoms with Crippen LogP contribution in [0, 0.1) is 11.6 Å². The number of nitrogens with one attached hydrogen (secondary N) is 1. The minimum Gasteiger partial charge on any atom is -0.479 e. The van der Waals surface area contributed by atoms with Crippen molar-refractivity contribution in [3.05, 3.63) is 35.4 Å². The van der Waals surface area contributed by atoms with E-state index in [1.54, 1.807) is 0 Å². The summed E-state index contributed by atoms with van der Waals surface area (Å²) in [6.07, 6.45) is 0.311. The predicted molar refractivity (Wildman–Crippen MR) is 75.1 cm³/mol. The summed E-state index contributed by atoms with van der Waals surface area (Å²) in [6, 6.07) is 3.79. The van der Waals surface area contributed by atoms with Crippen LogP contribution in [0.2, 0.25) is 0 Å². The number of hydrogen-bond donors (Lipinski definition) is 2. The van der Waals surface area contributed by atoms with Crippen LogP contribution in [0.4, 0.5) is 8.78 Å². The lowest BCUT2D eigenvalue weighted by Crippen LogP contribution is -2.54. The van der Waals surface area contributed by atoms with E-state index in [4.69, 9.17) is 0 Å². The number of halogens is 2. The molecule has 2 N–H and O–H groups in total. The number of carbonyl (C=O) groups is 2. The van der Waals surface area contributed by atoms with E-state index in [2.05, 4.69) is 5.32 Å². The third kappa shape index (κ3) is 3.53. The van der Waals surface area contributed by atoms with E-state index in [-0.39, 0.29) is 18.4 Å². The highest BCUT2D eigenvalue weighted by atomic mass is 32.2. The van der Waals surface area contributed by atoms with Crippen LogP contribution in [-0.2, 0) is 16.0 Å². The standard InChI is InChI=1S/C14H15F2NO3S/c15-10-3-1-2-9(12(10)16)4-5-11(18)17-14(13(19)20)6-7-21-8-14/h1-3H,4-8H2,(H,17,18)(H,19,20). The van der Waals surface area contributed by atoms with Crippen LogP contribution in [0.15, 0.2) is 18.2 Å². The summed E-state index contributed by atoms with van der Waals surface area (Å²) in [5.74, 6) is -2.45. The molecule has 1 aromatic rings. The van der Waals surface area contributed by atoms with Gasteiger partial charge in [0.05, 0.1) is 0 Å². The molecule has 1 aliphatic heterocycles. The van der Waals surface area contributed by atoms with Crippen molar-refractivity contribution in [2.24, 2.45) is 0 Å². The lowest BCUT2D eigenvalue weighted by Gasteiger charge is -2.24. The molecule has 0 radical (unpaired) electrons. The number of aryl methyl sites for hydroxylation is 1. The van der Waals surface area contributed by atoms with Gasteiger partial charge in [0.25, 0.3) is 0 Å². The van der Waals surface area contributed by atoms with Crippen molar-refractivity contribution < 1.29 is 23.5 Å². The molecule has 7 heteroatoms. The van der Waals surface area contributed by atoms with Crippen molar-refractivity contribution in [2.45, 2.75) is 24.8 Å². The molecule has 0 spiro atoms. The maximum absolute atomic E-state index is 13.5. The smallest absolute Gasteiger partial charge is 0.330 e. The van der Waals surface area contributed by atoms with Crippen molar-refractivity contribution in [1.82, 2.24) is 5.32 Å². The second-order valence-corrected chi connectivity index (χ2v) is 6.06. The Balaban J connectivity index is 1.96. The lowest BCUT2D eigenvalue weighted by atomic mass is 9.98. The first-order valence-electron chi connectivity index (χ1n) is 6.50. The second-order valence-electron chi connectivity index (χ2n) is 4.95. The quantitative estimate of drug-likeness (QED) is 0.872. The Labute approximate surface area is 124 Å². The van der Waals surface area contributed by atoms with Crippen molar-refractivity contribution in [3.63, 3.8) is 0 Å². The first-order chi connectivity index (χ1) is 9.94. The van der Waals surface area contributed by atoms with Crippen LogP contribution in [0.3, 0.4) is 0 Å². The minimum absolute atomic E-state index is 0.0261. The van der Waals surface area contributed by atoms with Crippen LogP contribution in [-0.4, -0.2) is 34.0 Å². The molecule has 1 heterocycles. The summed E-state index contributed by atoms with van der Waals surface area (Å²) in [4.78, 5) is 23.2. The number of rotatable bonds is 5. The molecule has 2 rings (SSSR count). The van der Waals surface area contributed by atoms with Gasteiger partial charge in [0.1, 0.15) is 5.54 Å². The SMILES string of the molecule is O=C(CCc1cccc(F)c1F)NC1(C(=O)O)CCSC1. The van der Waals surface area contributed by atoms with E-state index in [9.17, 15) is 23.5 Å². The van der Waals surface area contributed by atoms with Gasteiger partial charge in [-0.1, -0.05) is 12.1 Å². The van der Waals surface area contributed by atoms with Gasteiger partial charge in [-0.25, -0.2) is 13.6 Å². The largest absolute Gasteiger partial charge is 0.479 e. The Kier molecular flexibility index (Phi) is 4.82. The van der Waals surface area contributed by atoms with Crippen LogP contribution < -0.4 is 5.32 Å². The van der Waals surface area contributed by atoms with Crippen molar-refractivity contribution in [3.8, 4) is 0 Å².